The summed E-state index contributed by atoms with van der Waals surface area (Å²) in [6.07, 6.45) is 4.44. The number of para-hydroxylation sites is 1. The summed E-state index contributed by atoms with van der Waals surface area (Å²) in [5.41, 5.74) is 3.99. The Balaban J connectivity index is 1.70. The van der Waals surface area contributed by atoms with Crippen molar-refractivity contribution in [1.29, 1.82) is 0 Å². The number of nitrogens with zero attached hydrogens (tertiary/aromatic N) is 3. The molecule has 0 N–H and O–H groups in total. The van der Waals surface area contributed by atoms with E-state index in [0.29, 0.717) is 11.8 Å². The summed E-state index contributed by atoms with van der Waals surface area (Å²) < 4.78 is 7.47. The highest BCUT2D eigenvalue weighted by Gasteiger charge is 2.14. The van der Waals surface area contributed by atoms with Crippen molar-refractivity contribution in [3.63, 3.8) is 0 Å². The first-order valence-electron chi connectivity index (χ1n) is 7.90. The summed E-state index contributed by atoms with van der Waals surface area (Å²) in [6.45, 7) is 4.75. The minimum absolute atomic E-state index is 0.650. The van der Waals surface area contributed by atoms with Crippen molar-refractivity contribution in [2.24, 2.45) is 0 Å². The molecule has 2 heterocycles. The molecule has 0 saturated heterocycles. The Morgan fingerprint density at radius 1 is 1.22 bits per heavy atom. The van der Waals surface area contributed by atoms with Crippen LogP contribution in [0, 0.1) is 6.92 Å². The fraction of sp³-hybridized carbons (Fsp3) is 0.333. The van der Waals surface area contributed by atoms with E-state index in [-0.39, 0.29) is 0 Å². The molecule has 0 fully saturated rings. The van der Waals surface area contributed by atoms with Gasteiger partial charge in [0.25, 0.3) is 0 Å². The molecule has 0 amide bonds. The van der Waals surface area contributed by atoms with Crippen LogP contribution in [0.5, 0.6) is 5.75 Å². The second-order valence-electron chi connectivity index (χ2n) is 5.49. The van der Waals surface area contributed by atoms with E-state index in [0.717, 1.165) is 47.5 Å². The van der Waals surface area contributed by atoms with Crippen LogP contribution in [-0.2, 0) is 12.8 Å². The molecule has 2 aromatic heterocycles. The third-order valence-electron chi connectivity index (χ3n) is 3.93. The fourth-order valence-electron chi connectivity index (χ4n) is 2.63. The molecule has 0 atom stereocenters. The van der Waals surface area contributed by atoms with E-state index in [1.54, 1.807) is 4.52 Å². The van der Waals surface area contributed by atoms with Crippen molar-refractivity contribution < 1.29 is 4.74 Å². The maximum absolute atomic E-state index is 6.53. The normalized spacial score (nSPS) is 11.1. The van der Waals surface area contributed by atoms with Gasteiger partial charge < -0.3 is 4.74 Å². The van der Waals surface area contributed by atoms with E-state index in [2.05, 4.69) is 17.0 Å². The number of hydrogen-bond donors (Lipinski definition) is 0. The summed E-state index contributed by atoms with van der Waals surface area (Å²) >= 11 is 6.53. The van der Waals surface area contributed by atoms with Crippen molar-refractivity contribution in [1.82, 2.24) is 14.6 Å². The quantitative estimate of drug-likeness (QED) is 0.501. The molecule has 4 nitrogen and oxygen atoms in total. The molecular weight excluding hydrogens is 310 g/mol. The summed E-state index contributed by atoms with van der Waals surface area (Å²) in [5.74, 6) is 0.892. The predicted octanol–water partition coefficient (Wildman–Crippen LogP) is 4.27. The van der Waals surface area contributed by atoms with Crippen molar-refractivity contribution in [2.45, 2.75) is 33.1 Å². The summed E-state index contributed by atoms with van der Waals surface area (Å²) in [5, 5.41) is 5.02. The largest absolute Gasteiger partial charge is 0.494 e. The molecule has 0 unspecified atom stereocenters. The second kappa shape index (κ2) is 7.01. The summed E-state index contributed by atoms with van der Waals surface area (Å²) in [6, 6.07) is 9.84. The number of aryl methyl sites for hydroxylation is 2. The maximum atomic E-state index is 6.53. The van der Waals surface area contributed by atoms with Gasteiger partial charge in [0.15, 0.2) is 5.65 Å². The molecule has 0 aliphatic rings. The van der Waals surface area contributed by atoms with Crippen LogP contribution in [0.3, 0.4) is 0 Å². The van der Waals surface area contributed by atoms with Gasteiger partial charge in [-0.1, -0.05) is 36.7 Å². The summed E-state index contributed by atoms with van der Waals surface area (Å²) in [4.78, 5) is 4.68. The van der Waals surface area contributed by atoms with Gasteiger partial charge in [0.05, 0.1) is 12.8 Å². The number of hydrogen-bond acceptors (Lipinski definition) is 3. The SMILES string of the molecule is CCc1cnn2c(Cl)c(CCCOc3ccccc3)c(C)nc12. The molecule has 23 heavy (non-hydrogen) atoms. The van der Waals surface area contributed by atoms with Gasteiger partial charge in [-0.05, 0) is 38.3 Å². The Kier molecular flexibility index (Phi) is 4.82. The van der Waals surface area contributed by atoms with Gasteiger partial charge in [0.1, 0.15) is 10.9 Å². The number of ether oxygens (including phenoxy) is 1. The molecule has 0 radical (unpaired) electrons. The van der Waals surface area contributed by atoms with Crippen LogP contribution < -0.4 is 4.74 Å². The lowest BCUT2D eigenvalue weighted by Crippen LogP contribution is -2.06. The van der Waals surface area contributed by atoms with E-state index >= 15 is 0 Å². The van der Waals surface area contributed by atoms with Crippen LogP contribution in [0.2, 0.25) is 5.15 Å². The zero-order valence-electron chi connectivity index (χ0n) is 13.4. The van der Waals surface area contributed by atoms with Crippen LogP contribution in [-0.4, -0.2) is 21.2 Å². The highest BCUT2D eigenvalue weighted by atomic mass is 35.5. The number of fused-ring (bicyclic) bond motifs is 1. The zero-order valence-corrected chi connectivity index (χ0v) is 14.2. The van der Waals surface area contributed by atoms with Crippen molar-refractivity contribution in [3.8, 4) is 5.75 Å². The van der Waals surface area contributed by atoms with Gasteiger partial charge in [-0.15, -0.1) is 0 Å². The first-order valence-corrected chi connectivity index (χ1v) is 8.28. The van der Waals surface area contributed by atoms with Crippen LogP contribution in [0.25, 0.3) is 5.65 Å². The van der Waals surface area contributed by atoms with Crippen LogP contribution >= 0.6 is 11.6 Å². The Hall–Kier alpha value is -2.07. The van der Waals surface area contributed by atoms with Crippen molar-refractivity contribution in [3.05, 3.63) is 58.5 Å². The Bertz CT molecular complexity index is 799. The molecule has 3 aromatic rings. The molecular formula is C18H20ClN3O. The van der Waals surface area contributed by atoms with Gasteiger partial charge in [-0.3, -0.25) is 0 Å². The zero-order chi connectivity index (χ0) is 16.2. The standard InChI is InChI=1S/C18H20ClN3O/c1-3-14-12-20-22-17(19)16(13(2)21-18(14)22)10-7-11-23-15-8-5-4-6-9-15/h4-6,8-9,12H,3,7,10-11H2,1-2H3. The Morgan fingerprint density at radius 2 is 2.00 bits per heavy atom. The van der Waals surface area contributed by atoms with E-state index in [1.165, 1.54) is 0 Å². The third kappa shape index (κ3) is 3.32. The number of aromatic nitrogens is 3. The molecule has 1 aromatic carbocycles. The lowest BCUT2D eigenvalue weighted by atomic mass is 10.1. The first-order chi connectivity index (χ1) is 11.2. The monoisotopic (exact) mass is 329 g/mol. The smallest absolute Gasteiger partial charge is 0.160 e. The van der Waals surface area contributed by atoms with E-state index < -0.39 is 0 Å². The molecule has 0 saturated carbocycles. The average molecular weight is 330 g/mol. The minimum Gasteiger partial charge on any atom is -0.494 e. The third-order valence-corrected chi connectivity index (χ3v) is 4.31. The van der Waals surface area contributed by atoms with Gasteiger partial charge in [0, 0.05) is 16.8 Å². The number of benzene rings is 1. The molecule has 0 bridgehead atoms. The number of halogens is 1. The minimum atomic E-state index is 0.650. The first kappa shape index (κ1) is 15.8. The fourth-order valence-corrected chi connectivity index (χ4v) is 2.99. The van der Waals surface area contributed by atoms with Gasteiger partial charge >= 0.3 is 0 Å². The highest BCUT2D eigenvalue weighted by molar-refractivity contribution is 6.30. The molecule has 5 heteroatoms. The molecule has 120 valence electrons. The molecule has 0 aliphatic heterocycles. The molecule has 3 rings (SSSR count). The van der Waals surface area contributed by atoms with Crippen molar-refractivity contribution >= 4 is 17.2 Å². The Labute approximate surface area is 141 Å². The van der Waals surface area contributed by atoms with Gasteiger partial charge in [-0.2, -0.15) is 5.10 Å². The van der Waals surface area contributed by atoms with Crippen LogP contribution in [0.15, 0.2) is 36.5 Å². The predicted molar refractivity (Wildman–Crippen MR) is 92.4 cm³/mol. The van der Waals surface area contributed by atoms with E-state index in [4.69, 9.17) is 16.3 Å². The van der Waals surface area contributed by atoms with Crippen LogP contribution in [0.1, 0.15) is 30.2 Å². The highest BCUT2D eigenvalue weighted by Crippen LogP contribution is 2.23. The van der Waals surface area contributed by atoms with Gasteiger partial charge in [-0.25, -0.2) is 9.50 Å². The van der Waals surface area contributed by atoms with Crippen molar-refractivity contribution in [2.75, 3.05) is 6.61 Å². The van der Waals surface area contributed by atoms with E-state index in [9.17, 15) is 0 Å². The topological polar surface area (TPSA) is 39.4 Å². The average Bonchev–Trinajstić information content (AvgIpc) is 2.98. The maximum Gasteiger partial charge on any atom is 0.160 e. The van der Waals surface area contributed by atoms with Gasteiger partial charge in [0.2, 0.25) is 0 Å². The lowest BCUT2D eigenvalue weighted by molar-refractivity contribution is 0.311. The molecule has 0 spiro atoms. The Morgan fingerprint density at radius 3 is 2.74 bits per heavy atom. The second-order valence-corrected chi connectivity index (χ2v) is 5.85. The summed E-state index contributed by atoms with van der Waals surface area (Å²) in [7, 11) is 0. The van der Waals surface area contributed by atoms with E-state index in [1.807, 2.05) is 43.5 Å². The lowest BCUT2D eigenvalue weighted by Gasteiger charge is -2.10. The van der Waals surface area contributed by atoms with Crippen LogP contribution in [0.4, 0.5) is 0 Å². The molecule has 0 aliphatic carbocycles. The number of rotatable bonds is 6.